The van der Waals surface area contributed by atoms with Gasteiger partial charge in [-0.15, -0.1) is 0 Å². The van der Waals surface area contributed by atoms with E-state index in [0.717, 1.165) is 0 Å². The lowest BCUT2D eigenvalue weighted by molar-refractivity contribution is -0.247. The quantitative estimate of drug-likeness (QED) is 0.0232. The van der Waals surface area contributed by atoms with Gasteiger partial charge in [0.25, 0.3) is 0 Å². The summed E-state index contributed by atoms with van der Waals surface area (Å²) in [6.07, 6.45) is -16.1. The molecule has 42 nitrogen and oxygen atoms in total. The van der Waals surface area contributed by atoms with Gasteiger partial charge in [0.1, 0.15) is 80.9 Å². The Morgan fingerprint density at radius 3 is 0.985 bits per heavy atom. The predicted octanol–water partition coefficient (Wildman–Crippen LogP) is -0.438. The highest BCUT2D eigenvalue weighted by Gasteiger charge is 2.55. The molecule has 3 saturated heterocycles. The van der Waals surface area contributed by atoms with E-state index in [1.807, 2.05) is 0 Å². The summed E-state index contributed by atoms with van der Waals surface area (Å²) >= 11 is 0. The number of aliphatic hydroxyl groups is 10. The first-order valence-electron chi connectivity index (χ1n) is 41.7. The molecule has 702 valence electrons. The van der Waals surface area contributed by atoms with Crippen molar-refractivity contribution < 1.29 is 172 Å². The standard InChI is InChI=1S/C32H37N3O12.C30H35N3O12.C27H29NO11/c1-13(37)7-8-21(38)35-34-20(12-36)32(44)10-16-24(19(11-32)47-22-9-17(33)27(39)14(2)46-22)31(43)26-25(29(16)41)28(40)15-5-4-6-18(45-3)23(15)30(26)42;1-12-25(37)15(31)8-20(44-12)45-17-10-30(42,18(11-35)32-33-19(36)6-7-34)9-14-22(17)29(41)24-23(27(14)39)26(38)13-4-3-5-16(43-2)21(13)28(24)40;1-10-22(31)13(28)6-17(38-10)39-15-8-27(36,16(30)9-29)7-12-19(15)26(35)21-20(24(12)33)23(32)11-4-3-5-14(37-2)18(11)25(21)34/h4-6,14,17,19,22,27,36,39,41,43-44H,7-12,33H2,1-3H3,(H,35,38);3-5,12,15,17,20,25,34-35,37,39,41-42H,6-11,31H2,1-2H3,(H,33,36);3-5,10,13,15,17,22,29,31,33,35-36H,6-9,28H2,1-2H3/b34-20+;32-18-;/t14?,17?,19-,22?,27?,32-;12?,15?,17-,20?,25?,30-;10?,13?,15-,17?,22?,27-/m000/s1. The third-order valence-corrected chi connectivity index (χ3v) is 25.1. The van der Waals surface area contributed by atoms with Crippen LogP contribution in [0.4, 0.5) is 0 Å². The third kappa shape index (κ3) is 17.8. The summed E-state index contributed by atoms with van der Waals surface area (Å²) in [5, 5.41) is 182. The Hall–Kier alpha value is -11.6. The number of hydrazone groups is 2. The molecule has 6 aromatic carbocycles. The van der Waals surface area contributed by atoms with Gasteiger partial charge >= 0.3 is 0 Å². The van der Waals surface area contributed by atoms with Crippen molar-refractivity contribution in [1.29, 1.82) is 0 Å². The van der Waals surface area contributed by atoms with Gasteiger partial charge in [-0.05, 0) is 45.9 Å². The number of amides is 2. The number of benzene rings is 6. The summed E-state index contributed by atoms with van der Waals surface area (Å²) in [6, 6.07) is 10.8. The Morgan fingerprint density at radius 2 is 0.710 bits per heavy atom. The summed E-state index contributed by atoms with van der Waals surface area (Å²) < 4.78 is 51.5. The molecule has 6 aromatic rings. The van der Waals surface area contributed by atoms with E-state index in [9.17, 15) is 125 Å². The van der Waals surface area contributed by atoms with Gasteiger partial charge in [-0.1, -0.05) is 36.4 Å². The lowest BCUT2D eigenvalue weighted by atomic mass is 9.71. The molecule has 3 fully saturated rings. The molecule has 131 heavy (non-hydrogen) atoms. The molecule has 12 unspecified atom stereocenters. The van der Waals surface area contributed by atoms with E-state index >= 15 is 0 Å². The normalized spacial score (nSPS) is 28.1. The average molecular weight is 1830 g/mol. The Bertz CT molecular complexity index is 5680. The van der Waals surface area contributed by atoms with Gasteiger partial charge < -0.3 is 146 Å². The number of nitrogens with one attached hydrogen (secondary N) is 2. The molecule has 9 aliphatic rings. The molecule has 0 saturated carbocycles. The molecule has 0 spiro atoms. The number of phenolic OH excluding ortho intramolecular Hbond substituents is 6. The minimum absolute atomic E-state index is 0.00634. The van der Waals surface area contributed by atoms with Crippen LogP contribution in [0.2, 0.25) is 0 Å². The number of methoxy groups -OCH3 is 3. The van der Waals surface area contributed by atoms with Crippen molar-refractivity contribution in [3.05, 3.63) is 155 Å². The SMILES string of the molecule is COc1cccc2c1C(=O)c1c(O)c3c(c(O)c1C2=O)C[C@@](O)(/C(CO)=N/NC(=O)CCC(C)=O)C[C@@H]3OC1CC(N)C(O)C(C)O1.COc1cccc2c1C(=O)c1c(O)c3c(c(O)c1C2=O)C[C@@](O)(/C(CO)=N\NC(=O)CCO)C[C@@H]3OC1CC(N)C(O)C(C)O1.COc1cccc2c1C(=O)c1c(O)c3c(c(O)c1C2=O)C[C@@](O)(C(=O)CO)C[C@@H]3OC1CC(N)C(O)C(C)O1. The first kappa shape index (κ1) is 96.9. The van der Waals surface area contributed by atoms with E-state index in [0.29, 0.717) is 0 Å². The van der Waals surface area contributed by atoms with Crippen molar-refractivity contribution in [2.45, 2.75) is 213 Å². The van der Waals surface area contributed by atoms with Crippen molar-refractivity contribution in [2.75, 3.05) is 47.8 Å². The van der Waals surface area contributed by atoms with E-state index in [1.165, 1.54) is 82.9 Å². The fraction of sp³-hybridized carbons (Fsp3) is 0.461. The van der Waals surface area contributed by atoms with Gasteiger partial charge in [0, 0.05) is 139 Å². The zero-order chi connectivity index (χ0) is 95.5. The number of rotatable bonds is 22. The summed E-state index contributed by atoms with van der Waals surface area (Å²) in [4.78, 5) is 130. The maximum atomic E-state index is 13.9. The number of carbonyl (C=O) groups excluding carboxylic acids is 10. The number of hydrogen-bond donors (Lipinski definition) is 21. The number of hydrogen-bond acceptors (Lipinski definition) is 40. The summed E-state index contributed by atoms with van der Waals surface area (Å²) in [6.45, 7) is 2.81. The zero-order valence-corrected chi connectivity index (χ0v) is 71.7. The molecule has 24 N–H and O–H groups in total. The van der Waals surface area contributed by atoms with Crippen LogP contribution in [0.3, 0.4) is 0 Å². The second-order valence-corrected chi connectivity index (χ2v) is 33.5. The molecule has 15 rings (SSSR count). The third-order valence-electron chi connectivity index (χ3n) is 25.1. The van der Waals surface area contributed by atoms with Crippen LogP contribution < -0.4 is 42.3 Å². The van der Waals surface area contributed by atoms with Crippen molar-refractivity contribution in [3.8, 4) is 51.7 Å². The fourth-order valence-corrected chi connectivity index (χ4v) is 18.3. The number of nitrogens with zero attached hydrogens (tertiary/aromatic N) is 2. The Kier molecular flexibility index (Phi) is 28.3. The molecule has 18 atom stereocenters. The number of fused-ring (bicyclic) bond motifs is 9. The molecule has 3 aliphatic heterocycles. The van der Waals surface area contributed by atoms with Crippen LogP contribution in [-0.2, 0) is 66.9 Å². The smallest absolute Gasteiger partial charge is 0.242 e. The Balaban J connectivity index is 0.000000168. The first-order chi connectivity index (χ1) is 62.0. The average Bonchev–Trinajstić information content (AvgIpc) is 0.720. The lowest BCUT2D eigenvalue weighted by Gasteiger charge is -2.43. The number of Topliss-reactive ketones (excluding diaryl/α,β-unsaturated/α-hetero) is 2. The van der Waals surface area contributed by atoms with Gasteiger partial charge in [0.05, 0.1) is 164 Å². The Labute approximate surface area is 744 Å². The minimum atomic E-state index is -2.24. The molecule has 0 radical (unpaired) electrons. The monoisotopic (exact) mass is 1830 g/mol. The van der Waals surface area contributed by atoms with Crippen LogP contribution in [0.25, 0.3) is 0 Å². The van der Waals surface area contributed by atoms with Crippen molar-refractivity contribution in [1.82, 2.24) is 10.9 Å². The molecule has 6 aliphatic carbocycles. The van der Waals surface area contributed by atoms with Gasteiger partial charge in [0.15, 0.2) is 42.0 Å². The topological polar surface area (TPSA) is 704 Å². The van der Waals surface area contributed by atoms with E-state index in [1.54, 1.807) is 20.8 Å². The van der Waals surface area contributed by atoms with Crippen LogP contribution in [-0.4, -0.2) is 289 Å². The maximum Gasteiger partial charge on any atom is 0.242 e. The molecular weight excluding hydrogens is 1730 g/mol. The van der Waals surface area contributed by atoms with Gasteiger partial charge in [-0.2, -0.15) is 10.2 Å². The zero-order valence-electron chi connectivity index (χ0n) is 71.7. The fourth-order valence-electron chi connectivity index (χ4n) is 18.3. The van der Waals surface area contributed by atoms with E-state index < -0.39 is 294 Å². The highest BCUT2D eigenvalue weighted by atomic mass is 16.7. The predicted molar refractivity (Wildman–Crippen MR) is 448 cm³/mol. The van der Waals surface area contributed by atoms with E-state index in [4.69, 9.17) is 64.9 Å². The summed E-state index contributed by atoms with van der Waals surface area (Å²) in [7, 11) is 3.95. The molecule has 0 aromatic heterocycles. The van der Waals surface area contributed by atoms with Crippen molar-refractivity contribution in [3.63, 3.8) is 0 Å². The molecular formula is C89H101N7O35. The summed E-state index contributed by atoms with van der Waals surface area (Å²) in [5.74, 6) is -11.1. The number of ether oxygens (including phenoxy) is 9. The number of aromatic hydroxyl groups is 6. The van der Waals surface area contributed by atoms with Gasteiger partial charge in [0.2, 0.25) is 29.2 Å². The van der Waals surface area contributed by atoms with Crippen LogP contribution in [0.15, 0.2) is 64.8 Å². The van der Waals surface area contributed by atoms with Crippen LogP contribution in [0, 0.1) is 0 Å². The molecule has 0 bridgehead atoms. The minimum Gasteiger partial charge on any atom is -0.507 e. The molecule has 3 heterocycles. The summed E-state index contributed by atoms with van der Waals surface area (Å²) in [5.41, 5.74) is 11.0. The van der Waals surface area contributed by atoms with E-state index in [2.05, 4.69) is 21.1 Å². The molecule has 2 amide bonds. The molecule has 42 heteroatoms. The second-order valence-electron chi connectivity index (χ2n) is 33.5. The number of nitrogens with two attached hydrogens (primary N) is 3. The highest BCUT2D eigenvalue weighted by molar-refractivity contribution is 6.34. The van der Waals surface area contributed by atoms with Crippen molar-refractivity contribution in [2.24, 2.45) is 27.4 Å². The van der Waals surface area contributed by atoms with Crippen LogP contribution in [0.5, 0.6) is 51.7 Å². The number of aliphatic hydroxyl groups excluding tert-OH is 7. The van der Waals surface area contributed by atoms with Gasteiger partial charge in [-0.3, -0.25) is 43.2 Å². The maximum absolute atomic E-state index is 13.9. The lowest BCUT2D eigenvalue weighted by Crippen LogP contribution is -2.53. The van der Waals surface area contributed by atoms with Crippen LogP contribution >= 0.6 is 0 Å². The highest BCUT2D eigenvalue weighted by Crippen LogP contribution is 2.58. The largest absolute Gasteiger partial charge is 0.507 e. The van der Waals surface area contributed by atoms with E-state index in [-0.39, 0.29) is 140 Å². The second kappa shape index (κ2) is 38.3. The Morgan fingerprint density at radius 1 is 0.420 bits per heavy atom. The number of ketones is 8. The van der Waals surface area contributed by atoms with Crippen molar-refractivity contribution >= 4 is 69.5 Å². The first-order valence-corrected chi connectivity index (χ1v) is 41.7. The van der Waals surface area contributed by atoms with Crippen LogP contribution in [0.1, 0.15) is 233 Å². The number of carbonyl (C=O) groups is 10. The van der Waals surface area contributed by atoms with Gasteiger partial charge in [-0.25, -0.2) is 10.9 Å². The number of phenols is 6.